The first-order chi connectivity index (χ1) is 15.0. The van der Waals surface area contributed by atoms with E-state index in [0.717, 1.165) is 11.1 Å². The highest BCUT2D eigenvalue weighted by molar-refractivity contribution is 7.91. The van der Waals surface area contributed by atoms with Gasteiger partial charge in [-0.25, -0.2) is 8.42 Å². The van der Waals surface area contributed by atoms with Crippen molar-refractivity contribution in [3.05, 3.63) is 87.3 Å². The molecule has 0 aliphatic rings. The van der Waals surface area contributed by atoms with Crippen LogP contribution in [0.1, 0.15) is 42.1 Å². The third-order valence-electron chi connectivity index (χ3n) is 5.41. The van der Waals surface area contributed by atoms with Crippen LogP contribution in [0, 0.1) is 20.8 Å². The Morgan fingerprint density at radius 3 is 2.12 bits per heavy atom. The number of hydrogen-bond acceptors (Lipinski definition) is 4. The van der Waals surface area contributed by atoms with E-state index in [1.54, 1.807) is 32.0 Å². The van der Waals surface area contributed by atoms with Gasteiger partial charge in [0.1, 0.15) is 11.4 Å². The number of anilines is 1. The molecule has 168 valence electrons. The second-order valence-electron chi connectivity index (χ2n) is 8.33. The smallest absolute Gasteiger partial charge is 0.270 e. The zero-order valence-corrected chi connectivity index (χ0v) is 19.8. The number of benzene rings is 2. The second kappa shape index (κ2) is 9.12. The number of carbonyl (C=O) groups excluding carboxylic acids is 1. The first-order valence-corrected chi connectivity index (χ1v) is 11.9. The number of pyridine rings is 1. The van der Waals surface area contributed by atoms with Crippen molar-refractivity contribution in [1.29, 1.82) is 0 Å². The quantitative estimate of drug-likeness (QED) is 0.602. The maximum atomic E-state index is 13.2. The molecule has 0 aliphatic heterocycles. The summed E-state index contributed by atoms with van der Waals surface area (Å²) >= 11 is 0. The Balaban J connectivity index is 1.93. The Bertz CT molecular complexity index is 1300. The van der Waals surface area contributed by atoms with Gasteiger partial charge in [-0.05, 0) is 68.1 Å². The molecule has 3 rings (SSSR count). The summed E-state index contributed by atoms with van der Waals surface area (Å²) in [7, 11) is -4.03. The van der Waals surface area contributed by atoms with Crippen LogP contribution in [0.2, 0.25) is 0 Å². The Morgan fingerprint density at radius 2 is 1.56 bits per heavy atom. The number of nitrogens with one attached hydrogen (secondary N) is 1. The van der Waals surface area contributed by atoms with E-state index in [4.69, 9.17) is 0 Å². The second-order valence-corrected chi connectivity index (χ2v) is 10.2. The fourth-order valence-corrected chi connectivity index (χ4v) is 5.12. The SMILES string of the molecule is Cc1ccc(S(=O)(=O)c2c(C)cc(C)n(CC(=O)Nc3ccc(C(C)C)cc3)c2=O)cc1. The van der Waals surface area contributed by atoms with Crippen LogP contribution >= 0.6 is 0 Å². The van der Waals surface area contributed by atoms with Crippen LogP contribution in [-0.2, 0) is 21.2 Å². The topological polar surface area (TPSA) is 85.2 Å². The number of sulfone groups is 1. The van der Waals surface area contributed by atoms with E-state index in [2.05, 4.69) is 19.2 Å². The maximum absolute atomic E-state index is 13.2. The average molecular weight is 453 g/mol. The zero-order chi connectivity index (χ0) is 23.6. The summed E-state index contributed by atoms with van der Waals surface area (Å²) in [5.74, 6) is -0.0301. The molecule has 0 fully saturated rings. The molecule has 0 saturated carbocycles. The van der Waals surface area contributed by atoms with Crippen molar-refractivity contribution >= 4 is 21.4 Å². The van der Waals surface area contributed by atoms with E-state index in [9.17, 15) is 18.0 Å². The zero-order valence-electron chi connectivity index (χ0n) is 19.0. The molecule has 1 N–H and O–H groups in total. The molecule has 0 spiro atoms. The van der Waals surface area contributed by atoms with Gasteiger partial charge in [0.25, 0.3) is 5.56 Å². The summed E-state index contributed by atoms with van der Waals surface area (Å²) in [6, 6.07) is 15.5. The Morgan fingerprint density at radius 1 is 0.969 bits per heavy atom. The molecule has 3 aromatic rings. The van der Waals surface area contributed by atoms with E-state index < -0.39 is 21.3 Å². The van der Waals surface area contributed by atoms with Crippen molar-refractivity contribution in [2.45, 2.75) is 56.9 Å². The van der Waals surface area contributed by atoms with Gasteiger partial charge in [0.05, 0.1) is 4.90 Å². The van der Waals surface area contributed by atoms with Crippen LogP contribution in [0.3, 0.4) is 0 Å². The van der Waals surface area contributed by atoms with E-state index in [1.165, 1.54) is 16.7 Å². The van der Waals surface area contributed by atoms with Gasteiger partial charge < -0.3 is 9.88 Å². The van der Waals surface area contributed by atoms with Gasteiger partial charge >= 0.3 is 0 Å². The molecule has 2 aromatic carbocycles. The van der Waals surface area contributed by atoms with Crippen LogP contribution in [0.25, 0.3) is 0 Å². The first kappa shape index (κ1) is 23.5. The van der Waals surface area contributed by atoms with Crippen molar-refractivity contribution in [2.75, 3.05) is 5.32 Å². The van der Waals surface area contributed by atoms with Gasteiger partial charge in [-0.3, -0.25) is 9.59 Å². The minimum absolute atomic E-state index is 0.0494. The van der Waals surface area contributed by atoms with Gasteiger partial charge in [-0.1, -0.05) is 43.7 Å². The number of nitrogens with zero attached hydrogens (tertiary/aromatic N) is 1. The van der Waals surface area contributed by atoms with Gasteiger partial charge in [0, 0.05) is 11.4 Å². The highest BCUT2D eigenvalue weighted by atomic mass is 32.2. The van der Waals surface area contributed by atoms with Crippen molar-refractivity contribution in [1.82, 2.24) is 4.57 Å². The number of rotatable bonds is 6. The predicted molar refractivity (Wildman–Crippen MR) is 126 cm³/mol. The van der Waals surface area contributed by atoms with Crippen molar-refractivity contribution in [2.24, 2.45) is 0 Å². The lowest BCUT2D eigenvalue weighted by atomic mass is 10.0. The van der Waals surface area contributed by atoms with Crippen LogP contribution in [-0.4, -0.2) is 18.9 Å². The van der Waals surface area contributed by atoms with Crippen LogP contribution in [0.4, 0.5) is 5.69 Å². The van der Waals surface area contributed by atoms with Crippen LogP contribution in [0.5, 0.6) is 0 Å². The lowest BCUT2D eigenvalue weighted by Gasteiger charge is -2.15. The molecule has 7 heteroatoms. The predicted octanol–water partition coefficient (Wildman–Crippen LogP) is 4.37. The summed E-state index contributed by atoms with van der Waals surface area (Å²) in [6.45, 7) is 9.02. The van der Waals surface area contributed by atoms with Crippen LogP contribution < -0.4 is 10.9 Å². The van der Waals surface area contributed by atoms with E-state index >= 15 is 0 Å². The summed E-state index contributed by atoms with van der Waals surface area (Å²) < 4.78 is 27.6. The fourth-order valence-electron chi connectivity index (χ4n) is 3.56. The standard InChI is InChI=1S/C25H28N2O4S/c1-16(2)20-8-10-21(11-9-20)26-23(28)15-27-19(5)14-18(4)24(25(27)29)32(30,31)22-12-6-17(3)7-13-22/h6-14,16H,15H2,1-5H3,(H,26,28). The Kier molecular flexibility index (Phi) is 6.69. The average Bonchev–Trinajstić information content (AvgIpc) is 2.71. The summed E-state index contributed by atoms with van der Waals surface area (Å²) in [5.41, 5.74) is 2.85. The van der Waals surface area contributed by atoms with E-state index in [1.807, 2.05) is 31.2 Å². The monoisotopic (exact) mass is 452 g/mol. The summed E-state index contributed by atoms with van der Waals surface area (Å²) in [6.07, 6.45) is 0. The first-order valence-electron chi connectivity index (χ1n) is 10.4. The third-order valence-corrected chi connectivity index (χ3v) is 7.34. The van der Waals surface area contributed by atoms with Crippen molar-refractivity contribution < 1.29 is 13.2 Å². The highest BCUT2D eigenvalue weighted by Gasteiger charge is 2.26. The van der Waals surface area contributed by atoms with Crippen molar-refractivity contribution in [3.63, 3.8) is 0 Å². The minimum Gasteiger partial charge on any atom is -0.325 e. The third kappa shape index (κ3) is 4.83. The maximum Gasteiger partial charge on any atom is 0.270 e. The lowest BCUT2D eigenvalue weighted by molar-refractivity contribution is -0.116. The number of amides is 1. The molecule has 6 nitrogen and oxygen atoms in total. The van der Waals surface area contributed by atoms with Gasteiger partial charge in [0.2, 0.25) is 15.7 Å². The molecule has 0 saturated heterocycles. The van der Waals surface area contributed by atoms with Gasteiger partial charge in [0.15, 0.2) is 0 Å². The molecule has 0 atom stereocenters. The molecule has 0 unspecified atom stereocenters. The number of aryl methyl sites for hydroxylation is 3. The lowest BCUT2D eigenvalue weighted by Crippen LogP contribution is -2.33. The van der Waals surface area contributed by atoms with E-state index in [-0.39, 0.29) is 16.3 Å². The van der Waals surface area contributed by atoms with Crippen LogP contribution in [0.15, 0.2) is 69.2 Å². The van der Waals surface area contributed by atoms with Gasteiger partial charge in [-0.15, -0.1) is 0 Å². The number of hydrogen-bond donors (Lipinski definition) is 1. The fraction of sp³-hybridized carbons (Fsp3) is 0.280. The summed E-state index contributed by atoms with van der Waals surface area (Å²) in [4.78, 5) is 25.6. The van der Waals surface area contributed by atoms with Gasteiger partial charge in [-0.2, -0.15) is 0 Å². The van der Waals surface area contributed by atoms with Crippen molar-refractivity contribution in [3.8, 4) is 0 Å². The molecular weight excluding hydrogens is 424 g/mol. The van der Waals surface area contributed by atoms with E-state index in [0.29, 0.717) is 22.9 Å². The molecule has 0 aliphatic carbocycles. The summed E-state index contributed by atoms with van der Waals surface area (Å²) in [5, 5.41) is 2.77. The minimum atomic E-state index is -4.03. The largest absolute Gasteiger partial charge is 0.325 e. The normalized spacial score (nSPS) is 11.6. The molecule has 0 bridgehead atoms. The molecule has 1 aromatic heterocycles. The molecule has 32 heavy (non-hydrogen) atoms. The Hall–Kier alpha value is -3.19. The Labute approximate surface area is 188 Å². The highest BCUT2D eigenvalue weighted by Crippen LogP contribution is 2.22. The molecule has 1 heterocycles. The molecule has 1 amide bonds. The molecular formula is C25H28N2O4S. The number of carbonyl (C=O) groups is 1. The molecule has 0 radical (unpaired) electrons. The number of aromatic nitrogens is 1.